The van der Waals surface area contributed by atoms with E-state index in [1.807, 2.05) is 30.3 Å². The molecule has 1 fully saturated rings. The highest BCUT2D eigenvalue weighted by atomic mass is 32.2. The average molecular weight is 384 g/mol. The SMILES string of the molecule is Cc1cc(C(=O)NCCN2C(=O)S/C(=C/c3ccccc3)C2=O)ccc1F. The van der Waals surface area contributed by atoms with Gasteiger partial charge < -0.3 is 5.32 Å². The van der Waals surface area contributed by atoms with Crippen LogP contribution < -0.4 is 5.32 Å². The molecule has 1 N–H and O–H groups in total. The molecule has 3 rings (SSSR count). The van der Waals surface area contributed by atoms with Crippen molar-refractivity contribution in [1.29, 1.82) is 0 Å². The molecule has 0 aliphatic carbocycles. The van der Waals surface area contributed by atoms with Crippen molar-refractivity contribution in [2.75, 3.05) is 13.1 Å². The zero-order valence-corrected chi connectivity index (χ0v) is 15.4. The Hall–Kier alpha value is -2.93. The van der Waals surface area contributed by atoms with Crippen LogP contribution in [0.4, 0.5) is 9.18 Å². The lowest BCUT2D eigenvalue weighted by Crippen LogP contribution is -2.37. The van der Waals surface area contributed by atoms with Gasteiger partial charge >= 0.3 is 0 Å². The molecule has 0 unspecified atom stereocenters. The minimum absolute atomic E-state index is 0.0721. The fourth-order valence-corrected chi connectivity index (χ4v) is 3.43. The monoisotopic (exact) mass is 384 g/mol. The maximum absolute atomic E-state index is 13.3. The van der Waals surface area contributed by atoms with Gasteiger partial charge in [-0.3, -0.25) is 19.3 Å². The molecule has 27 heavy (non-hydrogen) atoms. The largest absolute Gasteiger partial charge is 0.350 e. The summed E-state index contributed by atoms with van der Waals surface area (Å²) in [5.41, 5.74) is 1.54. The highest BCUT2D eigenvalue weighted by molar-refractivity contribution is 8.18. The van der Waals surface area contributed by atoms with Crippen LogP contribution in [0.15, 0.2) is 53.4 Å². The predicted octanol–water partition coefficient (Wildman–Crippen LogP) is 3.60. The summed E-state index contributed by atoms with van der Waals surface area (Å²) in [5, 5.41) is 2.28. The second-order valence-electron chi connectivity index (χ2n) is 5.96. The molecule has 3 amide bonds. The van der Waals surface area contributed by atoms with Crippen LogP contribution in [0.25, 0.3) is 6.08 Å². The number of amides is 3. The number of carbonyl (C=O) groups is 3. The molecule has 0 spiro atoms. The Morgan fingerprint density at radius 3 is 2.63 bits per heavy atom. The number of halogens is 1. The van der Waals surface area contributed by atoms with Crippen molar-refractivity contribution in [3.05, 3.63) is 75.9 Å². The van der Waals surface area contributed by atoms with E-state index in [1.165, 1.54) is 18.2 Å². The first-order valence-corrected chi connectivity index (χ1v) is 9.12. The van der Waals surface area contributed by atoms with Gasteiger partial charge in [0.15, 0.2) is 0 Å². The lowest BCUT2D eigenvalue weighted by Gasteiger charge is -2.13. The van der Waals surface area contributed by atoms with E-state index < -0.39 is 0 Å². The van der Waals surface area contributed by atoms with Crippen molar-refractivity contribution in [3.8, 4) is 0 Å². The van der Waals surface area contributed by atoms with Crippen LogP contribution in [0.3, 0.4) is 0 Å². The number of benzene rings is 2. The van der Waals surface area contributed by atoms with E-state index in [-0.39, 0.29) is 36.0 Å². The van der Waals surface area contributed by atoms with Crippen molar-refractivity contribution in [2.45, 2.75) is 6.92 Å². The smallest absolute Gasteiger partial charge is 0.293 e. The van der Waals surface area contributed by atoms with Crippen molar-refractivity contribution >= 4 is 34.9 Å². The Morgan fingerprint density at radius 1 is 1.19 bits per heavy atom. The molecule has 2 aromatic carbocycles. The topological polar surface area (TPSA) is 66.5 Å². The van der Waals surface area contributed by atoms with Crippen LogP contribution in [0.5, 0.6) is 0 Å². The van der Waals surface area contributed by atoms with Gasteiger partial charge in [0.1, 0.15) is 5.82 Å². The van der Waals surface area contributed by atoms with E-state index >= 15 is 0 Å². The van der Waals surface area contributed by atoms with Crippen LogP contribution in [-0.4, -0.2) is 35.0 Å². The standard InChI is InChI=1S/C20H17FN2O3S/c1-13-11-15(7-8-16(13)21)18(24)22-9-10-23-19(25)17(27-20(23)26)12-14-5-3-2-4-6-14/h2-8,11-12H,9-10H2,1H3,(H,22,24)/b17-12+. The molecule has 1 heterocycles. The van der Waals surface area contributed by atoms with Crippen LogP contribution in [0.1, 0.15) is 21.5 Å². The molecule has 0 atom stereocenters. The average Bonchev–Trinajstić information content (AvgIpc) is 2.92. The Balaban J connectivity index is 1.58. The number of thioether (sulfide) groups is 1. The van der Waals surface area contributed by atoms with Gasteiger partial charge in [-0.05, 0) is 54.1 Å². The van der Waals surface area contributed by atoms with E-state index in [1.54, 1.807) is 13.0 Å². The van der Waals surface area contributed by atoms with Crippen LogP contribution in [0.2, 0.25) is 0 Å². The minimum Gasteiger partial charge on any atom is -0.350 e. The third-order valence-corrected chi connectivity index (χ3v) is 4.92. The lowest BCUT2D eigenvalue weighted by molar-refractivity contribution is -0.122. The number of carbonyl (C=O) groups excluding carboxylic acids is 3. The number of rotatable bonds is 5. The molecule has 5 nitrogen and oxygen atoms in total. The Morgan fingerprint density at radius 2 is 1.93 bits per heavy atom. The fraction of sp³-hybridized carbons (Fsp3) is 0.150. The van der Waals surface area contributed by atoms with Gasteiger partial charge in [0, 0.05) is 18.7 Å². The van der Waals surface area contributed by atoms with Gasteiger partial charge in [-0.1, -0.05) is 30.3 Å². The zero-order chi connectivity index (χ0) is 19.4. The van der Waals surface area contributed by atoms with Gasteiger partial charge in [-0.15, -0.1) is 0 Å². The Labute approximate surface area is 160 Å². The highest BCUT2D eigenvalue weighted by Crippen LogP contribution is 2.31. The molecule has 7 heteroatoms. The molecular formula is C20H17FN2O3S. The lowest BCUT2D eigenvalue weighted by atomic mass is 10.1. The zero-order valence-electron chi connectivity index (χ0n) is 14.6. The number of hydrogen-bond acceptors (Lipinski definition) is 4. The summed E-state index contributed by atoms with van der Waals surface area (Å²) in [5.74, 6) is -1.14. The second kappa shape index (κ2) is 8.18. The summed E-state index contributed by atoms with van der Waals surface area (Å²) in [7, 11) is 0. The third kappa shape index (κ3) is 4.43. The van der Waals surface area contributed by atoms with E-state index in [2.05, 4.69) is 5.32 Å². The maximum Gasteiger partial charge on any atom is 0.293 e. The van der Waals surface area contributed by atoms with Crippen LogP contribution in [0, 0.1) is 12.7 Å². The van der Waals surface area contributed by atoms with Gasteiger partial charge in [-0.25, -0.2) is 4.39 Å². The number of imide groups is 1. The fourth-order valence-electron chi connectivity index (χ4n) is 2.56. The van der Waals surface area contributed by atoms with Crippen molar-refractivity contribution in [2.24, 2.45) is 0 Å². The number of nitrogens with zero attached hydrogens (tertiary/aromatic N) is 1. The molecule has 2 aromatic rings. The first-order chi connectivity index (χ1) is 13.0. The van der Waals surface area contributed by atoms with Crippen LogP contribution >= 0.6 is 11.8 Å². The minimum atomic E-state index is -0.384. The first-order valence-electron chi connectivity index (χ1n) is 8.30. The second-order valence-corrected chi connectivity index (χ2v) is 6.96. The molecule has 0 radical (unpaired) electrons. The molecule has 0 saturated carbocycles. The Bertz CT molecular complexity index is 928. The van der Waals surface area contributed by atoms with Gasteiger partial charge in [0.05, 0.1) is 4.91 Å². The first kappa shape index (κ1) is 18.8. The molecule has 1 saturated heterocycles. The van der Waals surface area contributed by atoms with E-state index in [9.17, 15) is 18.8 Å². The molecule has 1 aliphatic rings. The quantitative estimate of drug-likeness (QED) is 0.800. The highest BCUT2D eigenvalue weighted by Gasteiger charge is 2.34. The number of nitrogens with one attached hydrogen (secondary N) is 1. The van der Waals surface area contributed by atoms with Crippen molar-refractivity contribution in [1.82, 2.24) is 10.2 Å². The number of hydrogen-bond donors (Lipinski definition) is 1. The molecular weight excluding hydrogens is 367 g/mol. The summed E-state index contributed by atoms with van der Waals surface area (Å²) >= 11 is 0.880. The summed E-state index contributed by atoms with van der Waals surface area (Å²) < 4.78 is 13.3. The van der Waals surface area contributed by atoms with E-state index in [4.69, 9.17) is 0 Å². The van der Waals surface area contributed by atoms with Crippen LogP contribution in [-0.2, 0) is 4.79 Å². The molecule has 1 aliphatic heterocycles. The van der Waals surface area contributed by atoms with Gasteiger partial charge in [0.25, 0.3) is 17.1 Å². The van der Waals surface area contributed by atoms with Gasteiger partial charge in [0.2, 0.25) is 0 Å². The third-order valence-electron chi connectivity index (χ3n) is 4.01. The van der Waals surface area contributed by atoms with E-state index in [0.717, 1.165) is 22.2 Å². The summed E-state index contributed by atoms with van der Waals surface area (Å²) in [4.78, 5) is 38.1. The molecule has 0 bridgehead atoms. The summed E-state index contributed by atoms with van der Waals surface area (Å²) in [6.07, 6.45) is 1.67. The van der Waals surface area contributed by atoms with E-state index in [0.29, 0.717) is 16.0 Å². The summed E-state index contributed by atoms with van der Waals surface area (Å²) in [6, 6.07) is 13.3. The molecule has 138 valence electrons. The predicted molar refractivity (Wildman–Crippen MR) is 103 cm³/mol. The maximum atomic E-state index is 13.3. The number of aryl methyl sites for hydroxylation is 1. The normalized spacial score (nSPS) is 15.5. The summed E-state index contributed by atoms with van der Waals surface area (Å²) in [6.45, 7) is 1.76. The Kier molecular flexibility index (Phi) is 5.71. The molecule has 0 aromatic heterocycles. The van der Waals surface area contributed by atoms with Crippen molar-refractivity contribution in [3.63, 3.8) is 0 Å². The van der Waals surface area contributed by atoms with Crippen molar-refractivity contribution < 1.29 is 18.8 Å². The van der Waals surface area contributed by atoms with Gasteiger partial charge in [-0.2, -0.15) is 0 Å².